The van der Waals surface area contributed by atoms with Gasteiger partial charge in [-0.2, -0.15) is 18.3 Å². The summed E-state index contributed by atoms with van der Waals surface area (Å²) in [7, 11) is 0. The first-order valence-corrected chi connectivity index (χ1v) is 14.1. The van der Waals surface area contributed by atoms with Gasteiger partial charge in [0.2, 0.25) is 11.8 Å². The van der Waals surface area contributed by atoms with Crippen molar-refractivity contribution in [3.63, 3.8) is 0 Å². The van der Waals surface area contributed by atoms with Crippen molar-refractivity contribution in [1.29, 1.82) is 0 Å². The molecule has 1 aromatic heterocycles. The molecular formula is C28H31Cl2F3N6O4. The minimum atomic E-state index is -4.68. The van der Waals surface area contributed by atoms with Crippen LogP contribution in [0.4, 0.5) is 13.2 Å². The molecule has 3 N–H and O–H groups in total. The van der Waals surface area contributed by atoms with Gasteiger partial charge in [-0.05, 0) is 43.7 Å². The highest BCUT2D eigenvalue weighted by molar-refractivity contribution is 6.35. The number of carbonyl (C=O) groups is 3. The number of hydrogen-bond acceptors (Lipinski definition) is 7. The van der Waals surface area contributed by atoms with Crippen LogP contribution >= 0.6 is 23.2 Å². The zero-order valence-corrected chi connectivity index (χ0v) is 25.0. The number of alkyl halides is 3. The summed E-state index contributed by atoms with van der Waals surface area (Å²) in [6.45, 7) is 0.877. The highest BCUT2D eigenvalue weighted by Crippen LogP contribution is 2.39. The number of halogens is 5. The zero-order chi connectivity index (χ0) is 31.6. The summed E-state index contributed by atoms with van der Waals surface area (Å²) >= 11 is 12.2. The fourth-order valence-corrected chi connectivity index (χ4v) is 5.39. The number of nitrogens with one attached hydrogen (secondary N) is 1. The number of aromatic nitrogens is 1. The number of piperidine rings is 1. The van der Waals surface area contributed by atoms with Gasteiger partial charge in [0.15, 0.2) is 0 Å². The molecule has 10 nitrogen and oxygen atoms in total. The molecular weight excluding hydrogens is 612 g/mol. The smallest absolute Gasteiger partial charge is 0.374 e. The number of ether oxygens (including phenoxy) is 1. The van der Waals surface area contributed by atoms with Gasteiger partial charge < -0.3 is 20.7 Å². The molecule has 0 saturated carbocycles. The molecule has 0 unspecified atom stereocenters. The van der Waals surface area contributed by atoms with E-state index in [0.717, 1.165) is 0 Å². The van der Waals surface area contributed by atoms with Crippen molar-refractivity contribution in [3.8, 4) is 0 Å². The first-order chi connectivity index (χ1) is 20.1. The molecule has 3 heterocycles. The van der Waals surface area contributed by atoms with Crippen molar-refractivity contribution in [2.75, 3.05) is 26.2 Å². The average molecular weight is 643 g/mol. The van der Waals surface area contributed by atoms with Crippen LogP contribution in [0.1, 0.15) is 31.5 Å². The van der Waals surface area contributed by atoms with E-state index >= 15 is 0 Å². The molecule has 2 aliphatic rings. The Balaban J connectivity index is 1.59. The predicted octanol–water partition coefficient (Wildman–Crippen LogP) is 3.35. The van der Waals surface area contributed by atoms with E-state index in [2.05, 4.69) is 15.4 Å². The fourth-order valence-electron chi connectivity index (χ4n) is 4.93. The third kappa shape index (κ3) is 7.83. The van der Waals surface area contributed by atoms with Crippen molar-refractivity contribution in [1.82, 2.24) is 20.2 Å². The van der Waals surface area contributed by atoms with Gasteiger partial charge in [0.25, 0.3) is 5.91 Å². The number of carbonyl (C=O) groups excluding carboxylic acids is 3. The summed E-state index contributed by atoms with van der Waals surface area (Å²) in [5.74, 6) is -2.10. The third-order valence-corrected chi connectivity index (χ3v) is 7.70. The fraction of sp³-hybridized carbons (Fsp3) is 0.464. The largest absolute Gasteiger partial charge is 0.408 e. The Hall–Kier alpha value is -3.26. The molecule has 15 heteroatoms. The Morgan fingerprint density at radius 2 is 1.95 bits per heavy atom. The molecule has 4 rings (SSSR count). The number of hydrogen-bond donors (Lipinski definition) is 2. The van der Waals surface area contributed by atoms with E-state index in [4.69, 9.17) is 33.7 Å². The lowest BCUT2D eigenvalue weighted by atomic mass is 9.74. The third-order valence-electron chi connectivity index (χ3n) is 7.11. The molecule has 0 spiro atoms. The molecule has 0 aliphatic carbocycles. The van der Waals surface area contributed by atoms with Crippen molar-refractivity contribution < 1.29 is 32.3 Å². The van der Waals surface area contributed by atoms with Crippen LogP contribution in [0, 0.1) is 5.41 Å². The van der Waals surface area contributed by atoms with Gasteiger partial charge in [-0.1, -0.05) is 35.3 Å². The molecule has 3 amide bonds. The number of nitrogens with zero attached hydrogens (tertiary/aromatic N) is 4. The summed E-state index contributed by atoms with van der Waals surface area (Å²) in [5, 5.41) is 7.86. The summed E-state index contributed by atoms with van der Waals surface area (Å²) in [6.07, 6.45) is -3.19. The molecule has 43 heavy (non-hydrogen) atoms. The molecule has 2 aliphatic heterocycles. The maximum Gasteiger partial charge on any atom is 0.408 e. The van der Waals surface area contributed by atoms with Crippen molar-refractivity contribution >= 4 is 46.6 Å². The topological polar surface area (TPSA) is 130 Å². The summed E-state index contributed by atoms with van der Waals surface area (Å²) in [4.78, 5) is 45.9. The van der Waals surface area contributed by atoms with Crippen LogP contribution in [0.3, 0.4) is 0 Å². The number of rotatable bonds is 10. The molecule has 232 valence electrons. The molecule has 1 aromatic carbocycles. The quantitative estimate of drug-likeness (QED) is 0.409. The second-order valence-electron chi connectivity index (χ2n) is 11.1. The number of amides is 3. The van der Waals surface area contributed by atoms with Crippen LogP contribution < -0.4 is 11.1 Å². The zero-order valence-electron chi connectivity index (χ0n) is 23.5. The van der Waals surface area contributed by atoms with Crippen molar-refractivity contribution in [3.05, 3.63) is 63.9 Å². The van der Waals surface area contributed by atoms with Crippen LogP contribution in [0.15, 0.2) is 47.7 Å². The standard InChI is InChI=1S/C28H31Cl2F3N6O4/c1-26(2,34)24(41)36-21(14-43-13-17-6-7-18(29)11-20(17)30)23(40)38-10-8-22-27(15-38,12-19-5-3-4-9-35-19)25(42)39(37-22)16-28(31,32)33/h3-7,9,11,21H,8,10,12-16,34H2,1-2H3,(H,36,41)/t21-,27-/m1/s1. The van der Waals surface area contributed by atoms with Gasteiger partial charge in [0.1, 0.15) is 18.0 Å². The number of pyridine rings is 1. The minimum Gasteiger partial charge on any atom is -0.374 e. The van der Waals surface area contributed by atoms with E-state index < -0.39 is 47.4 Å². The maximum absolute atomic E-state index is 13.9. The van der Waals surface area contributed by atoms with E-state index in [1.54, 1.807) is 30.3 Å². The Morgan fingerprint density at radius 3 is 2.58 bits per heavy atom. The molecule has 0 radical (unpaired) electrons. The summed E-state index contributed by atoms with van der Waals surface area (Å²) in [6, 6.07) is 8.61. The molecule has 1 saturated heterocycles. The minimum absolute atomic E-state index is 0.00697. The van der Waals surface area contributed by atoms with E-state index in [-0.39, 0.29) is 44.9 Å². The van der Waals surface area contributed by atoms with Crippen LogP contribution in [-0.4, -0.2) is 82.3 Å². The molecule has 0 bridgehead atoms. The van der Waals surface area contributed by atoms with Crippen LogP contribution in [0.5, 0.6) is 0 Å². The van der Waals surface area contributed by atoms with Gasteiger partial charge >= 0.3 is 6.18 Å². The SMILES string of the molecule is CC(C)(N)C(=O)N[C@H](COCc1ccc(Cl)cc1Cl)C(=O)N1CCC2=NN(CC(F)(F)F)C(=O)[C@]2(Cc2ccccn2)C1. The Kier molecular flexibility index (Phi) is 9.69. The number of benzene rings is 1. The highest BCUT2D eigenvalue weighted by atomic mass is 35.5. The summed E-state index contributed by atoms with van der Waals surface area (Å²) < 4.78 is 45.7. The lowest BCUT2D eigenvalue weighted by molar-refractivity contribution is -0.164. The number of fused-ring (bicyclic) bond motifs is 1. The second-order valence-corrected chi connectivity index (χ2v) is 12.0. The Bertz CT molecular complexity index is 1400. The first kappa shape index (κ1) is 32.6. The van der Waals surface area contributed by atoms with E-state index in [1.165, 1.54) is 31.0 Å². The molecule has 2 atom stereocenters. The Labute approximate surface area is 256 Å². The summed E-state index contributed by atoms with van der Waals surface area (Å²) in [5.41, 5.74) is 4.34. The van der Waals surface area contributed by atoms with Gasteiger partial charge in [-0.3, -0.25) is 19.4 Å². The first-order valence-electron chi connectivity index (χ1n) is 13.4. The van der Waals surface area contributed by atoms with Gasteiger partial charge in [-0.25, -0.2) is 5.01 Å². The highest BCUT2D eigenvalue weighted by Gasteiger charge is 2.56. The number of hydrazone groups is 1. The normalized spacial score (nSPS) is 19.6. The second kappa shape index (κ2) is 12.8. The maximum atomic E-state index is 13.9. The lowest BCUT2D eigenvalue weighted by Gasteiger charge is -2.40. The monoisotopic (exact) mass is 642 g/mol. The number of nitrogens with two attached hydrogens (primary N) is 1. The van der Waals surface area contributed by atoms with Crippen LogP contribution in [0.2, 0.25) is 10.0 Å². The van der Waals surface area contributed by atoms with E-state index in [9.17, 15) is 27.6 Å². The average Bonchev–Trinajstić information content (AvgIpc) is 3.17. The van der Waals surface area contributed by atoms with Crippen molar-refractivity contribution in [2.24, 2.45) is 16.3 Å². The Morgan fingerprint density at radius 1 is 1.21 bits per heavy atom. The van der Waals surface area contributed by atoms with Gasteiger partial charge in [-0.15, -0.1) is 0 Å². The van der Waals surface area contributed by atoms with Crippen LogP contribution in [0.25, 0.3) is 0 Å². The lowest BCUT2D eigenvalue weighted by Crippen LogP contribution is -2.62. The van der Waals surface area contributed by atoms with E-state index in [1.807, 2.05) is 0 Å². The van der Waals surface area contributed by atoms with E-state index in [0.29, 0.717) is 26.3 Å². The predicted molar refractivity (Wildman–Crippen MR) is 153 cm³/mol. The number of likely N-dealkylation sites (tertiary alicyclic amines) is 1. The molecule has 1 fully saturated rings. The van der Waals surface area contributed by atoms with Crippen LogP contribution in [-0.2, 0) is 32.1 Å². The van der Waals surface area contributed by atoms with Gasteiger partial charge in [0, 0.05) is 47.9 Å². The van der Waals surface area contributed by atoms with Gasteiger partial charge in [0.05, 0.1) is 24.5 Å². The van der Waals surface area contributed by atoms with Crippen molar-refractivity contribution in [2.45, 2.75) is 51.1 Å². The molecule has 2 aromatic rings.